The SMILES string of the molecule is O=C(NCc1ccc(Oc2ccc(F)cc2)cc1)C1=COCCO1. The molecule has 0 fully saturated rings. The van der Waals surface area contributed by atoms with Crippen molar-refractivity contribution in [3.05, 3.63) is 71.9 Å². The quantitative estimate of drug-likeness (QED) is 0.916. The van der Waals surface area contributed by atoms with Gasteiger partial charge in [-0.15, -0.1) is 0 Å². The number of amides is 1. The van der Waals surface area contributed by atoms with Crippen molar-refractivity contribution in [1.29, 1.82) is 0 Å². The predicted octanol–water partition coefficient (Wildman–Crippen LogP) is 3.12. The van der Waals surface area contributed by atoms with Crippen LogP contribution in [0, 0.1) is 5.82 Å². The maximum Gasteiger partial charge on any atom is 0.289 e. The third-order valence-corrected chi connectivity index (χ3v) is 3.30. The zero-order valence-electron chi connectivity index (χ0n) is 12.8. The molecular formula is C18H16FNO4. The number of hydrogen-bond donors (Lipinski definition) is 1. The summed E-state index contributed by atoms with van der Waals surface area (Å²) in [6.07, 6.45) is 1.32. The van der Waals surface area contributed by atoms with Gasteiger partial charge in [-0.05, 0) is 42.0 Å². The van der Waals surface area contributed by atoms with Gasteiger partial charge in [0.25, 0.3) is 5.91 Å². The number of hydrogen-bond acceptors (Lipinski definition) is 4. The fourth-order valence-electron chi connectivity index (χ4n) is 2.07. The number of benzene rings is 2. The van der Waals surface area contributed by atoms with E-state index in [9.17, 15) is 9.18 Å². The molecule has 2 aromatic carbocycles. The lowest BCUT2D eigenvalue weighted by Gasteiger charge is -2.15. The Balaban J connectivity index is 1.53. The summed E-state index contributed by atoms with van der Waals surface area (Å²) in [5.41, 5.74) is 0.909. The Bertz CT molecular complexity index is 726. The molecule has 0 saturated carbocycles. The minimum absolute atomic E-state index is 0.178. The number of carbonyl (C=O) groups is 1. The number of ether oxygens (including phenoxy) is 3. The molecule has 5 nitrogen and oxygen atoms in total. The van der Waals surface area contributed by atoms with Gasteiger partial charge in [0.15, 0.2) is 0 Å². The highest BCUT2D eigenvalue weighted by atomic mass is 19.1. The van der Waals surface area contributed by atoms with Gasteiger partial charge in [-0.25, -0.2) is 4.39 Å². The average molecular weight is 329 g/mol. The Hall–Kier alpha value is -3.02. The zero-order chi connectivity index (χ0) is 16.8. The Kier molecular flexibility index (Phi) is 4.96. The molecule has 1 N–H and O–H groups in total. The molecule has 1 aliphatic rings. The summed E-state index contributed by atoms with van der Waals surface area (Å²) in [5, 5.41) is 2.75. The van der Waals surface area contributed by atoms with Crippen LogP contribution in [0.15, 0.2) is 60.6 Å². The summed E-state index contributed by atoms with van der Waals surface area (Å²) >= 11 is 0. The highest BCUT2D eigenvalue weighted by Crippen LogP contribution is 2.21. The molecule has 0 saturated heterocycles. The van der Waals surface area contributed by atoms with E-state index in [4.69, 9.17) is 14.2 Å². The molecule has 24 heavy (non-hydrogen) atoms. The van der Waals surface area contributed by atoms with Gasteiger partial charge < -0.3 is 19.5 Å². The number of halogens is 1. The molecule has 3 rings (SSSR count). The number of carbonyl (C=O) groups excluding carboxylic acids is 1. The zero-order valence-corrected chi connectivity index (χ0v) is 12.8. The first kappa shape index (κ1) is 15.9. The van der Waals surface area contributed by atoms with E-state index >= 15 is 0 Å². The molecule has 6 heteroatoms. The maximum absolute atomic E-state index is 12.9. The molecule has 1 aliphatic heterocycles. The molecule has 0 aliphatic carbocycles. The summed E-state index contributed by atoms with van der Waals surface area (Å²) in [7, 11) is 0. The van der Waals surface area contributed by atoms with Crippen LogP contribution in [0.1, 0.15) is 5.56 Å². The van der Waals surface area contributed by atoms with Gasteiger partial charge in [0.1, 0.15) is 36.8 Å². The summed E-state index contributed by atoms with van der Waals surface area (Å²) in [5.74, 6) is 0.733. The first-order valence-electron chi connectivity index (χ1n) is 7.46. The minimum Gasteiger partial charge on any atom is -0.494 e. The minimum atomic E-state index is -0.318. The van der Waals surface area contributed by atoms with Crippen molar-refractivity contribution in [3.63, 3.8) is 0 Å². The van der Waals surface area contributed by atoms with Gasteiger partial charge in [-0.2, -0.15) is 0 Å². The second-order valence-corrected chi connectivity index (χ2v) is 5.08. The third-order valence-electron chi connectivity index (χ3n) is 3.30. The normalized spacial score (nSPS) is 13.3. The molecule has 0 radical (unpaired) electrons. The van der Waals surface area contributed by atoms with Gasteiger partial charge in [0.2, 0.25) is 5.76 Å². The molecule has 0 bridgehead atoms. The summed E-state index contributed by atoms with van der Waals surface area (Å²) < 4.78 is 28.7. The van der Waals surface area contributed by atoms with Crippen LogP contribution in [0.3, 0.4) is 0 Å². The average Bonchev–Trinajstić information content (AvgIpc) is 2.63. The van der Waals surface area contributed by atoms with Crippen LogP contribution in [0.25, 0.3) is 0 Å². The van der Waals surface area contributed by atoms with Crippen LogP contribution >= 0.6 is 0 Å². The highest BCUT2D eigenvalue weighted by molar-refractivity contribution is 5.91. The lowest BCUT2D eigenvalue weighted by Crippen LogP contribution is -2.27. The number of nitrogens with one attached hydrogen (secondary N) is 1. The van der Waals surface area contributed by atoms with Crippen LogP contribution in [-0.4, -0.2) is 19.1 Å². The van der Waals surface area contributed by atoms with E-state index < -0.39 is 0 Å². The molecular weight excluding hydrogens is 313 g/mol. The van der Waals surface area contributed by atoms with Crippen molar-refractivity contribution >= 4 is 5.91 Å². The summed E-state index contributed by atoms with van der Waals surface area (Å²) in [6.45, 7) is 1.18. The standard InChI is InChI=1S/C18H16FNO4/c19-14-3-7-16(8-4-14)24-15-5-1-13(2-6-15)11-20-18(21)17-12-22-9-10-23-17/h1-8,12H,9-11H2,(H,20,21). The van der Waals surface area contributed by atoms with E-state index in [0.717, 1.165) is 5.56 Å². The van der Waals surface area contributed by atoms with Gasteiger partial charge in [-0.3, -0.25) is 4.79 Å². The molecule has 0 spiro atoms. The van der Waals surface area contributed by atoms with E-state index in [0.29, 0.717) is 31.3 Å². The van der Waals surface area contributed by atoms with Crippen molar-refractivity contribution in [1.82, 2.24) is 5.32 Å². The Morgan fingerprint density at radius 2 is 1.71 bits per heavy atom. The molecule has 0 unspecified atom stereocenters. The highest BCUT2D eigenvalue weighted by Gasteiger charge is 2.14. The molecule has 2 aromatic rings. The summed E-state index contributed by atoms with van der Waals surface area (Å²) in [6, 6.07) is 13.0. The second-order valence-electron chi connectivity index (χ2n) is 5.08. The van der Waals surface area contributed by atoms with Crippen LogP contribution in [-0.2, 0) is 20.8 Å². The fraction of sp³-hybridized carbons (Fsp3) is 0.167. The Labute approximate surface area is 138 Å². The predicted molar refractivity (Wildman–Crippen MR) is 84.7 cm³/mol. The molecule has 1 heterocycles. The van der Waals surface area contributed by atoms with Crippen molar-refractivity contribution < 1.29 is 23.4 Å². The number of rotatable bonds is 5. The van der Waals surface area contributed by atoms with E-state index in [1.54, 1.807) is 24.3 Å². The maximum atomic E-state index is 12.9. The van der Waals surface area contributed by atoms with Gasteiger partial charge in [-0.1, -0.05) is 12.1 Å². The molecule has 0 atom stereocenters. The Morgan fingerprint density at radius 1 is 1.04 bits per heavy atom. The smallest absolute Gasteiger partial charge is 0.289 e. The van der Waals surface area contributed by atoms with E-state index in [2.05, 4.69) is 5.32 Å². The largest absolute Gasteiger partial charge is 0.494 e. The Morgan fingerprint density at radius 3 is 2.33 bits per heavy atom. The lowest BCUT2D eigenvalue weighted by atomic mass is 10.2. The van der Waals surface area contributed by atoms with Gasteiger partial charge >= 0.3 is 0 Å². The van der Waals surface area contributed by atoms with Crippen molar-refractivity contribution in [2.24, 2.45) is 0 Å². The van der Waals surface area contributed by atoms with Crippen LogP contribution in [0.4, 0.5) is 4.39 Å². The molecule has 0 aromatic heterocycles. The van der Waals surface area contributed by atoms with Crippen molar-refractivity contribution in [2.75, 3.05) is 13.2 Å². The lowest BCUT2D eigenvalue weighted by molar-refractivity contribution is -0.122. The van der Waals surface area contributed by atoms with Crippen LogP contribution in [0.2, 0.25) is 0 Å². The topological polar surface area (TPSA) is 56.8 Å². The molecule has 1 amide bonds. The second kappa shape index (κ2) is 7.50. The van der Waals surface area contributed by atoms with Gasteiger partial charge in [0.05, 0.1) is 0 Å². The fourth-order valence-corrected chi connectivity index (χ4v) is 2.07. The monoisotopic (exact) mass is 329 g/mol. The summed E-state index contributed by atoms with van der Waals surface area (Å²) in [4.78, 5) is 11.9. The van der Waals surface area contributed by atoms with Crippen LogP contribution in [0.5, 0.6) is 11.5 Å². The molecule has 124 valence electrons. The third kappa shape index (κ3) is 4.25. The van der Waals surface area contributed by atoms with E-state index in [1.807, 2.05) is 12.1 Å². The first-order chi connectivity index (χ1) is 11.7. The van der Waals surface area contributed by atoms with Crippen LogP contribution < -0.4 is 10.1 Å². The van der Waals surface area contributed by atoms with Gasteiger partial charge in [0, 0.05) is 6.54 Å². The first-order valence-corrected chi connectivity index (χ1v) is 7.46. The van der Waals surface area contributed by atoms with Crippen molar-refractivity contribution in [2.45, 2.75) is 6.54 Å². The van der Waals surface area contributed by atoms with E-state index in [1.165, 1.54) is 18.4 Å². The van der Waals surface area contributed by atoms with Crippen molar-refractivity contribution in [3.8, 4) is 11.5 Å². The van der Waals surface area contributed by atoms with E-state index in [-0.39, 0.29) is 17.5 Å².